The minimum absolute atomic E-state index is 0.0221. The van der Waals surface area contributed by atoms with Crippen LogP contribution in [0.1, 0.15) is 24.3 Å². The van der Waals surface area contributed by atoms with Crippen molar-refractivity contribution in [1.82, 2.24) is 19.9 Å². The molecule has 0 aromatic carbocycles. The van der Waals surface area contributed by atoms with Crippen LogP contribution < -0.4 is 5.14 Å². The number of sulfonamides is 1. The third kappa shape index (κ3) is 2.67. The van der Waals surface area contributed by atoms with Gasteiger partial charge in [-0.1, -0.05) is 5.16 Å². The molecule has 0 saturated heterocycles. The quantitative estimate of drug-likeness (QED) is 0.766. The Kier molecular flexibility index (Phi) is 3.59. The van der Waals surface area contributed by atoms with Gasteiger partial charge in [-0.3, -0.25) is 4.68 Å². The molecular formula is C12H13N5O3S2. The molecule has 22 heavy (non-hydrogen) atoms. The first kappa shape index (κ1) is 14.9. The Hall–Kier alpha value is -2.04. The molecule has 0 aliphatic heterocycles. The number of hydrogen-bond donors (Lipinski definition) is 1. The molecule has 1 unspecified atom stereocenters. The first-order valence-corrected chi connectivity index (χ1v) is 8.71. The Morgan fingerprint density at radius 2 is 2.23 bits per heavy atom. The Labute approximate surface area is 130 Å². The van der Waals surface area contributed by atoms with E-state index in [0.29, 0.717) is 11.5 Å². The summed E-state index contributed by atoms with van der Waals surface area (Å²) < 4.78 is 30.0. The molecule has 3 rings (SSSR count). The van der Waals surface area contributed by atoms with Gasteiger partial charge in [-0.2, -0.15) is 10.1 Å². The van der Waals surface area contributed by atoms with Gasteiger partial charge in [0.05, 0.1) is 17.7 Å². The fourth-order valence-corrected chi connectivity index (χ4v) is 3.79. The molecule has 3 aromatic heterocycles. The molecule has 0 spiro atoms. The van der Waals surface area contributed by atoms with E-state index >= 15 is 0 Å². The normalized spacial score (nSPS) is 13.4. The maximum Gasteiger partial charge on any atom is 0.248 e. The lowest BCUT2D eigenvalue weighted by Gasteiger charge is -2.01. The number of primary sulfonamides is 1. The summed E-state index contributed by atoms with van der Waals surface area (Å²) in [6.45, 7) is 1.91. The van der Waals surface area contributed by atoms with Crippen LogP contribution in [0, 0.1) is 0 Å². The highest BCUT2D eigenvalue weighted by Gasteiger charge is 2.23. The average molecular weight is 339 g/mol. The minimum atomic E-state index is -3.81. The average Bonchev–Trinajstić information content (AvgIpc) is 3.16. The zero-order chi connectivity index (χ0) is 15.9. The minimum Gasteiger partial charge on any atom is -0.338 e. The van der Waals surface area contributed by atoms with Crippen LogP contribution in [-0.4, -0.2) is 28.3 Å². The lowest BCUT2D eigenvalue weighted by atomic mass is 10.1. The molecular weight excluding hydrogens is 326 g/mol. The maximum atomic E-state index is 11.5. The number of nitrogens with two attached hydrogens (primary N) is 1. The zero-order valence-electron chi connectivity index (χ0n) is 11.8. The fourth-order valence-electron chi connectivity index (χ4n) is 2.01. The molecule has 0 saturated carbocycles. The van der Waals surface area contributed by atoms with Crippen LogP contribution in [0.2, 0.25) is 0 Å². The van der Waals surface area contributed by atoms with Crippen LogP contribution in [0.25, 0.3) is 11.4 Å². The third-order valence-corrected chi connectivity index (χ3v) is 5.59. The first-order valence-electron chi connectivity index (χ1n) is 6.29. The highest BCUT2D eigenvalue weighted by Crippen LogP contribution is 2.31. The summed E-state index contributed by atoms with van der Waals surface area (Å²) in [5.74, 6) is 0.442. The summed E-state index contributed by atoms with van der Waals surface area (Å²) in [7, 11) is -2.00. The van der Waals surface area contributed by atoms with Crippen LogP contribution in [0.4, 0.5) is 0 Å². The van der Waals surface area contributed by atoms with Gasteiger partial charge >= 0.3 is 0 Å². The molecule has 0 bridgehead atoms. The number of aromatic nitrogens is 4. The second-order valence-corrected chi connectivity index (χ2v) is 7.46. The topological polar surface area (TPSA) is 117 Å². The van der Waals surface area contributed by atoms with Crippen LogP contribution in [0.15, 0.2) is 32.6 Å². The van der Waals surface area contributed by atoms with Crippen molar-refractivity contribution in [2.45, 2.75) is 17.1 Å². The molecule has 10 heteroatoms. The van der Waals surface area contributed by atoms with Gasteiger partial charge in [-0.15, -0.1) is 11.3 Å². The SMILES string of the molecule is CC(c1cnn(C)c1)c1nc(-c2ccsc2S(N)(=O)=O)no1. The van der Waals surface area contributed by atoms with Crippen LogP contribution in [-0.2, 0) is 17.1 Å². The van der Waals surface area contributed by atoms with E-state index in [0.717, 1.165) is 16.9 Å². The molecule has 116 valence electrons. The van der Waals surface area contributed by atoms with Crippen molar-refractivity contribution < 1.29 is 12.9 Å². The summed E-state index contributed by atoms with van der Waals surface area (Å²) in [4.78, 5) is 4.28. The molecule has 2 N–H and O–H groups in total. The van der Waals surface area contributed by atoms with Gasteiger partial charge in [0.1, 0.15) is 4.21 Å². The molecule has 1 atom stereocenters. The lowest BCUT2D eigenvalue weighted by molar-refractivity contribution is 0.371. The van der Waals surface area contributed by atoms with Gasteiger partial charge in [0, 0.05) is 18.8 Å². The lowest BCUT2D eigenvalue weighted by Crippen LogP contribution is -2.11. The van der Waals surface area contributed by atoms with E-state index in [1.54, 1.807) is 22.3 Å². The summed E-state index contributed by atoms with van der Waals surface area (Å²) in [5, 5.41) is 14.8. The maximum absolute atomic E-state index is 11.5. The van der Waals surface area contributed by atoms with Crippen molar-refractivity contribution in [3.8, 4) is 11.4 Å². The summed E-state index contributed by atoms with van der Waals surface area (Å²) in [6, 6.07) is 1.60. The van der Waals surface area contributed by atoms with Gasteiger partial charge in [0.25, 0.3) is 0 Å². The van der Waals surface area contributed by atoms with Crippen LogP contribution in [0.5, 0.6) is 0 Å². The second kappa shape index (κ2) is 5.30. The predicted molar refractivity (Wildman–Crippen MR) is 79.7 cm³/mol. The van der Waals surface area contributed by atoms with Crippen molar-refractivity contribution in [3.63, 3.8) is 0 Å². The number of rotatable bonds is 4. The summed E-state index contributed by atoms with van der Waals surface area (Å²) in [6.07, 6.45) is 3.57. The van der Waals surface area contributed by atoms with Crippen molar-refractivity contribution in [2.75, 3.05) is 0 Å². The Morgan fingerprint density at radius 3 is 2.86 bits per heavy atom. The Balaban J connectivity index is 1.97. The summed E-state index contributed by atoms with van der Waals surface area (Å²) >= 11 is 1.02. The Morgan fingerprint density at radius 1 is 1.45 bits per heavy atom. The van der Waals surface area contributed by atoms with Gasteiger partial charge in [0.15, 0.2) is 0 Å². The standard InChI is InChI=1S/C12H13N5O3S2/c1-7(8-5-14-17(2)6-8)11-15-10(16-20-11)9-3-4-21-12(9)22(13,18)19/h3-7H,1-2H3,(H2,13,18,19). The van der Waals surface area contributed by atoms with Crippen molar-refractivity contribution in [2.24, 2.45) is 12.2 Å². The number of aryl methyl sites for hydroxylation is 1. The van der Waals surface area contributed by atoms with Gasteiger partial charge < -0.3 is 4.52 Å². The molecule has 0 radical (unpaired) electrons. The van der Waals surface area contributed by atoms with Gasteiger partial charge in [0.2, 0.25) is 21.7 Å². The highest BCUT2D eigenvalue weighted by atomic mass is 32.2. The molecule has 8 nitrogen and oxygen atoms in total. The molecule has 0 aliphatic carbocycles. The van der Waals surface area contributed by atoms with Crippen LogP contribution >= 0.6 is 11.3 Å². The first-order chi connectivity index (χ1) is 10.4. The molecule has 0 fully saturated rings. The van der Waals surface area contributed by atoms with Gasteiger partial charge in [-0.25, -0.2) is 13.6 Å². The van der Waals surface area contributed by atoms with Crippen LogP contribution in [0.3, 0.4) is 0 Å². The largest absolute Gasteiger partial charge is 0.338 e. The third-order valence-electron chi connectivity index (χ3n) is 3.17. The molecule has 3 aromatic rings. The molecule has 0 amide bonds. The number of hydrogen-bond acceptors (Lipinski definition) is 7. The highest BCUT2D eigenvalue weighted by molar-refractivity contribution is 7.91. The second-order valence-electron chi connectivity index (χ2n) is 4.79. The van der Waals surface area contributed by atoms with E-state index in [1.165, 1.54) is 0 Å². The van der Waals surface area contributed by atoms with E-state index < -0.39 is 10.0 Å². The van der Waals surface area contributed by atoms with E-state index in [9.17, 15) is 8.42 Å². The van der Waals surface area contributed by atoms with E-state index in [2.05, 4.69) is 15.2 Å². The summed E-state index contributed by atoms with van der Waals surface area (Å²) in [5.41, 5.74) is 1.27. The van der Waals surface area contributed by atoms with Crippen molar-refractivity contribution in [3.05, 3.63) is 35.3 Å². The van der Waals surface area contributed by atoms with Crippen molar-refractivity contribution >= 4 is 21.4 Å². The predicted octanol–water partition coefficient (Wildman–Crippen LogP) is 1.33. The smallest absolute Gasteiger partial charge is 0.248 e. The monoisotopic (exact) mass is 339 g/mol. The van der Waals surface area contributed by atoms with Gasteiger partial charge in [-0.05, 0) is 18.4 Å². The van der Waals surface area contributed by atoms with E-state index in [1.807, 2.05) is 20.2 Å². The fraction of sp³-hybridized carbons (Fsp3) is 0.250. The number of thiophene rings is 1. The van der Waals surface area contributed by atoms with Crippen molar-refractivity contribution in [1.29, 1.82) is 0 Å². The number of nitrogens with zero attached hydrogens (tertiary/aromatic N) is 4. The zero-order valence-corrected chi connectivity index (χ0v) is 13.4. The molecule has 3 heterocycles. The van der Waals surface area contributed by atoms with E-state index in [-0.39, 0.29) is 16.0 Å². The Bertz CT molecular complexity index is 909. The van der Waals surface area contributed by atoms with E-state index in [4.69, 9.17) is 9.66 Å². The molecule has 0 aliphatic rings.